The molecule has 0 atom stereocenters. The molecule has 0 spiro atoms. The molecule has 42 heavy (non-hydrogen) atoms. The van der Waals surface area contributed by atoms with Crippen molar-refractivity contribution < 1.29 is 81.6 Å². The first-order valence-corrected chi connectivity index (χ1v) is 13.9. The molecule has 0 fully saturated rings. The summed E-state index contributed by atoms with van der Waals surface area (Å²) >= 11 is 0. The van der Waals surface area contributed by atoms with Crippen LogP contribution in [0.2, 0.25) is 0 Å². The van der Waals surface area contributed by atoms with Crippen LogP contribution in [0.15, 0.2) is 62.4 Å². The topological polar surface area (TPSA) is 193 Å². The minimum atomic E-state index is -6.85. The molecule has 0 radical (unpaired) electrons. The lowest BCUT2D eigenvalue weighted by Gasteiger charge is -2.09. The highest BCUT2D eigenvalue weighted by atomic mass is 32.3. The monoisotopic (exact) mass is 684 g/mol. The van der Waals surface area contributed by atoms with Crippen molar-refractivity contribution in [2.75, 3.05) is 0 Å². The number of benzene rings is 2. The van der Waals surface area contributed by atoms with Gasteiger partial charge in [-0.25, -0.2) is 0 Å². The zero-order valence-electron chi connectivity index (χ0n) is 19.2. The number of aromatic nitrogens is 2. The molecule has 0 unspecified atom stereocenters. The smallest absolute Gasteiger partial charge is 0.378 e. The van der Waals surface area contributed by atoms with Crippen LogP contribution in [0.4, 0.5) is 39.5 Å². The van der Waals surface area contributed by atoms with Gasteiger partial charge in [0.05, 0.1) is 10.8 Å². The molecule has 2 aromatic carbocycles. The van der Waals surface area contributed by atoms with Crippen molar-refractivity contribution in [3.63, 3.8) is 0 Å². The van der Waals surface area contributed by atoms with Crippen LogP contribution >= 0.6 is 0 Å². The van der Waals surface area contributed by atoms with Gasteiger partial charge in [0.2, 0.25) is 0 Å². The predicted molar refractivity (Wildman–Crippen MR) is 117 cm³/mol. The highest BCUT2D eigenvalue weighted by Gasteiger charge is 2.57. The van der Waals surface area contributed by atoms with Crippen LogP contribution in [-0.4, -0.2) is 52.1 Å². The van der Waals surface area contributed by atoms with E-state index in [1.165, 1.54) is 18.2 Å². The van der Waals surface area contributed by atoms with Gasteiger partial charge in [-0.15, -0.1) is 3.63 Å². The van der Waals surface area contributed by atoms with Crippen LogP contribution in [0.25, 0.3) is 21.9 Å². The first-order chi connectivity index (χ1) is 18.9. The summed E-state index contributed by atoms with van der Waals surface area (Å²) in [7, 11) is -19.4. The van der Waals surface area contributed by atoms with Crippen molar-refractivity contribution in [1.29, 1.82) is 0 Å². The third-order valence-electron chi connectivity index (χ3n) is 3.95. The first kappa shape index (κ1) is 34.4. The lowest BCUT2D eigenvalue weighted by molar-refractivity contribution is -0.0586. The Morgan fingerprint density at radius 2 is 1.07 bits per heavy atom. The first-order valence-electron chi connectivity index (χ1n) is 9.64. The maximum Gasteiger partial charge on any atom is 0.534 e. The molecule has 4 rings (SSSR count). The Morgan fingerprint density at radius 3 is 1.52 bits per heavy atom. The summed E-state index contributed by atoms with van der Waals surface area (Å²) < 4.78 is 181. The van der Waals surface area contributed by atoms with E-state index in [-0.39, 0.29) is 16.5 Å². The Balaban J connectivity index is 0.000000227. The lowest BCUT2D eigenvalue weighted by Crippen LogP contribution is -2.34. The molecule has 0 aliphatic heterocycles. The summed E-state index contributed by atoms with van der Waals surface area (Å²) in [5, 5.41) is 6.01. The highest BCUT2D eigenvalue weighted by Crippen LogP contribution is 2.32. The van der Waals surface area contributed by atoms with E-state index in [9.17, 15) is 69.6 Å². The Labute approximate surface area is 225 Å². The van der Waals surface area contributed by atoms with Crippen LogP contribution in [0.3, 0.4) is 0 Å². The number of aromatic amines is 1. The maximum absolute atomic E-state index is 12.1. The van der Waals surface area contributed by atoms with E-state index >= 15 is 0 Å². The molecule has 0 aliphatic carbocycles. The van der Waals surface area contributed by atoms with Crippen LogP contribution < -0.4 is 9.74 Å². The van der Waals surface area contributed by atoms with Gasteiger partial charge in [-0.05, 0) is 29.4 Å². The summed E-state index contributed by atoms with van der Waals surface area (Å²) in [6.45, 7) is 0. The Morgan fingerprint density at radius 1 is 0.643 bits per heavy atom. The van der Waals surface area contributed by atoms with Gasteiger partial charge in [-0.3, -0.25) is 4.79 Å². The quantitative estimate of drug-likeness (QED) is 0.186. The van der Waals surface area contributed by atoms with E-state index in [0.717, 1.165) is 0 Å². The molecule has 4 aromatic rings. The standard InChI is InChI=1S/C8H4F3NO4S.C7H5NO2.C2F6O5S2/c9-8(10,11)17(13,14)16-7-5-3-1-2-4-6(5)15-12-7;9-7-5-3-1-2-4-6(5)10-8-7;3-1(4,5)14(9,10)13-15(11,12)2(6,7)8/h1-4H;1-4H,(H,8,9);. The van der Waals surface area contributed by atoms with Crippen molar-refractivity contribution >= 4 is 52.3 Å². The summed E-state index contributed by atoms with van der Waals surface area (Å²) in [6.07, 6.45) is 0. The number of para-hydroxylation sites is 2. The maximum atomic E-state index is 12.1. The number of hydrogen-bond acceptors (Lipinski definition) is 12. The fraction of sp³-hybridized carbons (Fsp3) is 0.176. The minimum absolute atomic E-state index is 0.0420. The number of hydrogen-bond donors (Lipinski definition) is 1. The van der Waals surface area contributed by atoms with E-state index < -0.39 is 52.8 Å². The predicted octanol–water partition coefficient (Wildman–Crippen LogP) is 3.88. The Kier molecular flexibility index (Phi) is 9.66. The third kappa shape index (κ3) is 8.13. The lowest BCUT2D eigenvalue weighted by atomic mass is 10.3. The number of alkyl halides is 9. The van der Waals surface area contributed by atoms with E-state index in [1.807, 2.05) is 9.70 Å². The molecule has 2 heterocycles. The van der Waals surface area contributed by atoms with Crippen molar-refractivity contribution in [3.05, 3.63) is 58.9 Å². The molecule has 0 aliphatic rings. The average molecular weight is 684 g/mol. The number of rotatable bonds is 4. The summed E-state index contributed by atoms with van der Waals surface area (Å²) in [4.78, 5) is 10.8. The Hall–Kier alpha value is -3.84. The zero-order valence-corrected chi connectivity index (χ0v) is 21.6. The van der Waals surface area contributed by atoms with Crippen molar-refractivity contribution in [1.82, 2.24) is 10.3 Å². The van der Waals surface area contributed by atoms with Crippen LogP contribution in [0, 0.1) is 0 Å². The van der Waals surface area contributed by atoms with E-state index in [1.54, 1.807) is 24.3 Å². The summed E-state index contributed by atoms with van der Waals surface area (Å²) in [6, 6.07) is 12.8. The van der Waals surface area contributed by atoms with Gasteiger partial charge in [0, 0.05) is 0 Å². The summed E-state index contributed by atoms with van der Waals surface area (Å²) in [5.74, 6) is -0.738. The van der Waals surface area contributed by atoms with Gasteiger partial charge in [-0.1, -0.05) is 24.3 Å². The van der Waals surface area contributed by atoms with E-state index in [4.69, 9.17) is 4.52 Å². The Bertz CT molecular complexity index is 1880. The van der Waals surface area contributed by atoms with Crippen LogP contribution in [-0.2, 0) is 34.0 Å². The molecular formula is C17H9F9N2O11S3. The zero-order chi connectivity index (χ0) is 32.4. The average Bonchev–Trinajstić information content (AvgIpc) is 3.41. The second kappa shape index (κ2) is 11.8. The molecule has 2 aromatic heterocycles. The largest absolute Gasteiger partial charge is 0.534 e. The van der Waals surface area contributed by atoms with Crippen molar-refractivity contribution in [3.8, 4) is 5.88 Å². The van der Waals surface area contributed by atoms with E-state index in [2.05, 4.69) is 19.0 Å². The molecule has 13 nitrogen and oxygen atoms in total. The van der Waals surface area contributed by atoms with Gasteiger partial charge >= 0.3 is 46.9 Å². The normalized spacial score (nSPS) is 13.2. The number of nitrogens with zero attached hydrogens (tertiary/aromatic N) is 1. The number of fused-ring (bicyclic) bond motifs is 2. The molecular weight excluding hydrogens is 675 g/mol. The fourth-order valence-electron chi connectivity index (χ4n) is 2.17. The fourth-order valence-corrected chi connectivity index (χ4v) is 4.15. The molecule has 1 N–H and O–H groups in total. The minimum Gasteiger partial charge on any atom is -0.378 e. The van der Waals surface area contributed by atoms with Gasteiger partial charge in [0.15, 0.2) is 11.2 Å². The second-order valence-corrected chi connectivity index (χ2v) is 11.7. The van der Waals surface area contributed by atoms with Gasteiger partial charge in [0.25, 0.3) is 11.4 Å². The van der Waals surface area contributed by atoms with Gasteiger partial charge in [-0.2, -0.15) is 69.9 Å². The van der Waals surface area contributed by atoms with Crippen LogP contribution in [0.1, 0.15) is 0 Å². The SMILES string of the molecule is O=S(=O)(OS(=O)(=O)C(F)(F)F)C(F)(F)F.O=S(=O)(Oc1noc2ccccc12)C(F)(F)F.O=c1[nH]oc2ccccc12. The molecule has 0 saturated carbocycles. The second-order valence-electron chi connectivity index (χ2n) is 6.86. The van der Waals surface area contributed by atoms with Crippen LogP contribution in [0.5, 0.6) is 5.88 Å². The third-order valence-corrected chi connectivity index (χ3v) is 7.46. The molecule has 0 amide bonds. The number of H-pyrrole nitrogens is 1. The van der Waals surface area contributed by atoms with Gasteiger partial charge in [0.1, 0.15) is 0 Å². The molecule has 0 saturated heterocycles. The highest BCUT2D eigenvalue weighted by molar-refractivity contribution is 8.00. The molecule has 25 heteroatoms. The number of nitrogens with one attached hydrogen (secondary N) is 1. The molecule has 0 bridgehead atoms. The number of halogens is 9. The van der Waals surface area contributed by atoms with Gasteiger partial charge < -0.3 is 13.2 Å². The van der Waals surface area contributed by atoms with Crippen molar-refractivity contribution in [2.45, 2.75) is 16.5 Å². The summed E-state index contributed by atoms with van der Waals surface area (Å²) in [5.41, 5.74) is -17.5. The van der Waals surface area contributed by atoms with Crippen molar-refractivity contribution in [2.24, 2.45) is 0 Å². The van der Waals surface area contributed by atoms with E-state index in [0.29, 0.717) is 11.0 Å². The molecule has 234 valence electrons.